The molecule has 1 aromatic heterocycles. The number of carbonyl (C=O) groups excluding carboxylic acids is 1. The van der Waals surface area contributed by atoms with E-state index < -0.39 is 0 Å². The van der Waals surface area contributed by atoms with Gasteiger partial charge in [-0.2, -0.15) is 0 Å². The second kappa shape index (κ2) is 5.63. The lowest BCUT2D eigenvalue weighted by atomic mass is 10.1. The maximum Gasteiger partial charge on any atom is 0.273 e. The third-order valence-corrected chi connectivity index (χ3v) is 3.13. The largest absolute Gasteiger partial charge is 0.364 e. The van der Waals surface area contributed by atoms with Gasteiger partial charge in [0.2, 0.25) is 0 Å². The third kappa shape index (κ3) is 3.17. The quantitative estimate of drug-likeness (QED) is 0.882. The second-order valence-electron chi connectivity index (χ2n) is 3.47. The van der Waals surface area contributed by atoms with Gasteiger partial charge in [0.1, 0.15) is 6.26 Å². The number of hydrogen-bond donors (Lipinski definition) is 1. The van der Waals surface area contributed by atoms with E-state index >= 15 is 0 Å². The predicted octanol–water partition coefficient (Wildman–Crippen LogP) is 2.54. The minimum atomic E-state index is -0.237. The van der Waals surface area contributed by atoms with Gasteiger partial charge in [0.25, 0.3) is 5.91 Å². The first-order chi connectivity index (χ1) is 8.27. The molecule has 0 saturated heterocycles. The van der Waals surface area contributed by atoms with Gasteiger partial charge in [0.15, 0.2) is 5.69 Å². The summed E-state index contributed by atoms with van der Waals surface area (Å²) in [7, 11) is 0. The van der Waals surface area contributed by atoms with Crippen molar-refractivity contribution in [3.8, 4) is 0 Å². The van der Waals surface area contributed by atoms with E-state index in [1.807, 2.05) is 30.3 Å². The van der Waals surface area contributed by atoms with Crippen LogP contribution in [0.3, 0.4) is 0 Å². The van der Waals surface area contributed by atoms with Crippen LogP contribution >= 0.6 is 15.9 Å². The molecule has 1 unspecified atom stereocenters. The average Bonchev–Trinajstić information content (AvgIpc) is 2.90. The Morgan fingerprint density at radius 1 is 1.35 bits per heavy atom. The first-order valence-electron chi connectivity index (χ1n) is 5.15. The molecule has 0 radical (unpaired) electrons. The first kappa shape index (κ1) is 11.9. The molecule has 0 bridgehead atoms. The minimum absolute atomic E-state index is 0.0829. The van der Waals surface area contributed by atoms with E-state index in [-0.39, 0.29) is 16.4 Å². The van der Waals surface area contributed by atoms with Crippen molar-refractivity contribution in [2.45, 2.75) is 4.83 Å². The Morgan fingerprint density at radius 3 is 2.76 bits per heavy atom. The lowest BCUT2D eigenvalue weighted by molar-refractivity contribution is 0.0945. The number of carbonyl (C=O) groups is 1. The first-order valence-corrected chi connectivity index (χ1v) is 6.06. The molecule has 1 aromatic carbocycles. The zero-order valence-corrected chi connectivity index (χ0v) is 10.6. The van der Waals surface area contributed by atoms with E-state index in [1.165, 1.54) is 12.3 Å². The highest BCUT2D eigenvalue weighted by atomic mass is 79.9. The fraction of sp³-hybridized carbons (Fsp3) is 0.167. The van der Waals surface area contributed by atoms with E-state index in [0.29, 0.717) is 6.54 Å². The van der Waals surface area contributed by atoms with Crippen LogP contribution in [0.4, 0.5) is 0 Å². The van der Waals surface area contributed by atoms with Crippen LogP contribution < -0.4 is 5.32 Å². The summed E-state index contributed by atoms with van der Waals surface area (Å²) in [4.78, 5) is 11.7. The highest BCUT2D eigenvalue weighted by Crippen LogP contribution is 2.21. The molecule has 1 heterocycles. The van der Waals surface area contributed by atoms with Crippen molar-refractivity contribution >= 4 is 21.8 Å². The number of amides is 1. The Bertz CT molecular complexity index is 471. The summed E-state index contributed by atoms with van der Waals surface area (Å²) in [5.74, 6) is -0.237. The van der Waals surface area contributed by atoms with Gasteiger partial charge in [0.05, 0.1) is 4.83 Å². The van der Waals surface area contributed by atoms with Gasteiger partial charge in [-0.15, -0.1) is 0 Å². The normalized spacial score (nSPS) is 12.1. The summed E-state index contributed by atoms with van der Waals surface area (Å²) >= 11 is 3.52. The molecule has 0 spiro atoms. The summed E-state index contributed by atoms with van der Waals surface area (Å²) in [6.45, 7) is 0.496. The molecule has 2 aromatic rings. The standard InChI is InChI=1S/C12H11BrN2O2/c13-10(9-4-2-1-3-5-9)8-14-12(16)11-6-7-17-15-11/h1-7,10H,8H2,(H,14,16). The zero-order valence-electron chi connectivity index (χ0n) is 8.97. The maximum atomic E-state index is 11.6. The van der Waals surface area contributed by atoms with Crippen LogP contribution in [-0.4, -0.2) is 17.6 Å². The number of benzene rings is 1. The molecule has 1 amide bonds. The lowest BCUT2D eigenvalue weighted by Crippen LogP contribution is -2.26. The van der Waals surface area contributed by atoms with Gasteiger partial charge in [0, 0.05) is 12.6 Å². The van der Waals surface area contributed by atoms with Crippen molar-refractivity contribution in [3.05, 3.63) is 53.9 Å². The smallest absolute Gasteiger partial charge is 0.273 e. The molecule has 5 heteroatoms. The summed E-state index contributed by atoms with van der Waals surface area (Å²) in [6, 6.07) is 11.4. The summed E-state index contributed by atoms with van der Waals surface area (Å²) in [5, 5.41) is 6.34. The van der Waals surface area contributed by atoms with Gasteiger partial charge in [-0.1, -0.05) is 51.4 Å². The Balaban J connectivity index is 1.89. The summed E-state index contributed by atoms with van der Waals surface area (Å²) < 4.78 is 4.60. The van der Waals surface area contributed by atoms with Crippen molar-refractivity contribution in [1.82, 2.24) is 10.5 Å². The van der Waals surface area contributed by atoms with E-state index in [4.69, 9.17) is 0 Å². The molecule has 4 nitrogen and oxygen atoms in total. The van der Waals surface area contributed by atoms with Crippen LogP contribution in [0.2, 0.25) is 0 Å². The topological polar surface area (TPSA) is 55.1 Å². The number of nitrogens with one attached hydrogen (secondary N) is 1. The van der Waals surface area contributed by atoms with Crippen LogP contribution in [0.5, 0.6) is 0 Å². The zero-order chi connectivity index (χ0) is 12.1. The van der Waals surface area contributed by atoms with Crippen LogP contribution in [0.25, 0.3) is 0 Å². The van der Waals surface area contributed by atoms with Crippen molar-refractivity contribution < 1.29 is 9.32 Å². The third-order valence-electron chi connectivity index (χ3n) is 2.27. The van der Waals surface area contributed by atoms with Gasteiger partial charge >= 0.3 is 0 Å². The van der Waals surface area contributed by atoms with Crippen LogP contribution in [-0.2, 0) is 0 Å². The van der Waals surface area contributed by atoms with Gasteiger partial charge < -0.3 is 9.84 Å². The average molecular weight is 295 g/mol. The molecular weight excluding hydrogens is 284 g/mol. The SMILES string of the molecule is O=C(NCC(Br)c1ccccc1)c1ccon1. The molecule has 0 saturated carbocycles. The highest BCUT2D eigenvalue weighted by Gasteiger charge is 2.12. The number of hydrogen-bond acceptors (Lipinski definition) is 3. The molecule has 17 heavy (non-hydrogen) atoms. The van der Waals surface area contributed by atoms with E-state index in [1.54, 1.807) is 0 Å². The molecule has 0 aliphatic carbocycles. The molecule has 0 aliphatic rings. The minimum Gasteiger partial charge on any atom is -0.364 e. The van der Waals surface area contributed by atoms with E-state index in [2.05, 4.69) is 30.9 Å². The number of nitrogens with zero attached hydrogens (tertiary/aromatic N) is 1. The van der Waals surface area contributed by atoms with Crippen molar-refractivity contribution in [1.29, 1.82) is 0 Å². The van der Waals surface area contributed by atoms with Gasteiger partial charge in [-0.05, 0) is 5.56 Å². The molecule has 2 rings (SSSR count). The van der Waals surface area contributed by atoms with E-state index in [9.17, 15) is 4.79 Å². The predicted molar refractivity (Wildman–Crippen MR) is 66.9 cm³/mol. The molecule has 0 fully saturated rings. The van der Waals surface area contributed by atoms with Crippen LogP contribution in [0.15, 0.2) is 47.2 Å². The fourth-order valence-electron chi connectivity index (χ4n) is 1.38. The van der Waals surface area contributed by atoms with Crippen molar-refractivity contribution in [2.24, 2.45) is 0 Å². The number of halogens is 1. The van der Waals surface area contributed by atoms with E-state index in [0.717, 1.165) is 5.56 Å². The Hall–Kier alpha value is -1.62. The Kier molecular flexibility index (Phi) is 3.93. The van der Waals surface area contributed by atoms with Gasteiger partial charge in [-0.25, -0.2) is 0 Å². The monoisotopic (exact) mass is 294 g/mol. The maximum absolute atomic E-state index is 11.6. The summed E-state index contributed by atoms with van der Waals surface area (Å²) in [5.41, 5.74) is 1.41. The Morgan fingerprint density at radius 2 is 2.12 bits per heavy atom. The number of aromatic nitrogens is 1. The van der Waals surface area contributed by atoms with Crippen molar-refractivity contribution in [3.63, 3.8) is 0 Å². The highest BCUT2D eigenvalue weighted by molar-refractivity contribution is 9.09. The molecular formula is C12H11BrN2O2. The number of rotatable bonds is 4. The number of alkyl halides is 1. The molecule has 1 atom stereocenters. The molecule has 88 valence electrons. The fourth-order valence-corrected chi connectivity index (χ4v) is 1.85. The van der Waals surface area contributed by atoms with Crippen molar-refractivity contribution in [2.75, 3.05) is 6.54 Å². The lowest BCUT2D eigenvalue weighted by Gasteiger charge is -2.10. The summed E-state index contributed by atoms with van der Waals surface area (Å²) in [6.07, 6.45) is 1.37. The molecule has 1 N–H and O–H groups in total. The Labute approximate surface area is 107 Å². The molecule has 0 aliphatic heterocycles. The van der Waals surface area contributed by atoms with Gasteiger partial charge in [-0.3, -0.25) is 4.79 Å². The van der Waals surface area contributed by atoms with Crippen LogP contribution in [0, 0.1) is 0 Å². The van der Waals surface area contributed by atoms with Crippen LogP contribution in [0.1, 0.15) is 20.9 Å². The second-order valence-corrected chi connectivity index (χ2v) is 4.58.